The van der Waals surface area contributed by atoms with Crippen LogP contribution in [0.15, 0.2) is 24.4 Å². The van der Waals surface area contributed by atoms with Gasteiger partial charge in [-0.25, -0.2) is 13.6 Å². The maximum absolute atomic E-state index is 13.5. The molecule has 2 rings (SSSR count). The number of carboxylic acid groups (broad SMARTS) is 1. The fourth-order valence-corrected chi connectivity index (χ4v) is 1.55. The number of benzene rings is 1. The molecule has 0 radical (unpaired) electrons. The topological polar surface area (TPSA) is 55.1 Å². The van der Waals surface area contributed by atoms with Crippen LogP contribution in [0.5, 0.6) is 0 Å². The van der Waals surface area contributed by atoms with E-state index in [0.717, 1.165) is 12.1 Å². The summed E-state index contributed by atoms with van der Waals surface area (Å²) in [5, 5.41) is 12.7. The van der Waals surface area contributed by atoms with Gasteiger partial charge in [-0.3, -0.25) is 4.68 Å². The highest BCUT2D eigenvalue weighted by Gasteiger charge is 2.21. The summed E-state index contributed by atoms with van der Waals surface area (Å²) >= 11 is 0. The van der Waals surface area contributed by atoms with E-state index in [9.17, 15) is 13.6 Å². The van der Waals surface area contributed by atoms with Gasteiger partial charge >= 0.3 is 5.97 Å². The Labute approximate surface area is 95.1 Å². The molecule has 1 aromatic carbocycles. The number of hydrogen-bond acceptors (Lipinski definition) is 2. The molecule has 0 atom stereocenters. The summed E-state index contributed by atoms with van der Waals surface area (Å²) < 4.78 is 28.2. The molecule has 0 saturated carbocycles. The maximum atomic E-state index is 13.5. The van der Waals surface area contributed by atoms with E-state index in [1.165, 1.54) is 24.0 Å². The first-order chi connectivity index (χ1) is 8.00. The molecule has 0 unspecified atom stereocenters. The van der Waals surface area contributed by atoms with Gasteiger partial charge < -0.3 is 5.11 Å². The smallest absolute Gasteiger partial charge is 0.339 e. The van der Waals surface area contributed by atoms with Crippen LogP contribution in [-0.4, -0.2) is 20.9 Å². The molecule has 17 heavy (non-hydrogen) atoms. The summed E-state index contributed by atoms with van der Waals surface area (Å²) in [5.74, 6) is -2.96. The number of halogens is 2. The molecule has 1 heterocycles. The van der Waals surface area contributed by atoms with Crippen LogP contribution in [-0.2, 0) is 7.05 Å². The zero-order valence-corrected chi connectivity index (χ0v) is 8.82. The lowest BCUT2D eigenvalue weighted by atomic mass is 10.1. The first-order valence-electron chi connectivity index (χ1n) is 4.72. The Hall–Kier alpha value is -2.24. The van der Waals surface area contributed by atoms with Gasteiger partial charge in [-0.15, -0.1) is 0 Å². The van der Waals surface area contributed by atoms with Crippen molar-refractivity contribution < 1.29 is 18.7 Å². The van der Waals surface area contributed by atoms with Crippen LogP contribution < -0.4 is 0 Å². The molecule has 0 aliphatic heterocycles. The average Bonchev–Trinajstić information content (AvgIpc) is 2.60. The normalized spacial score (nSPS) is 10.5. The summed E-state index contributed by atoms with van der Waals surface area (Å²) in [6, 6.07) is 3.31. The molecule has 0 saturated heterocycles. The van der Waals surface area contributed by atoms with Crippen LogP contribution >= 0.6 is 0 Å². The second kappa shape index (κ2) is 3.97. The van der Waals surface area contributed by atoms with Crippen molar-refractivity contribution in [2.24, 2.45) is 7.05 Å². The molecule has 88 valence electrons. The second-order valence-corrected chi connectivity index (χ2v) is 3.47. The van der Waals surface area contributed by atoms with Crippen LogP contribution in [0.3, 0.4) is 0 Å². The third kappa shape index (κ3) is 1.89. The van der Waals surface area contributed by atoms with E-state index >= 15 is 0 Å². The van der Waals surface area contributed by atoms with Crippen molar-refractivity contribution in [3.8, 4) is 11.3 Å². The Morgan fingerprint density at radius 1 is 1.35 bits per heavy atom. The van der Waals surface area contributed by atoms with Gasteiger partial charge in [0.05, 0.1) is 5.56 Å². The lowest BCUT2D eigenvalue weighted by Crippen LogP contribution is -1.99. The van der Waals surface area contributed by atoms with E-state index in [-0.39, 0.29) is 11.3 Å². The maximum Gasteiger partial charge on any atom is 0.339 e. The third-order valence-corrected chi connectivity index (χ3v) is 2.26. The molecule has 0 aliphatic rings. The average molecular weight is 238 g/mol. The predicted octanol–water partition coefficient (Wildman–Crippen LogP) is 2.06. The highest BCUT2D eigenvalue weighted by molar-refractivity contribution is 5.94. The molecule has 6 heteroatoms. The zero-order chi connectivity index (χ0) is 12.6. The van der Waals surface area contributed by atoms with Gasteiger partial charge in [-0.2, -0.15) is 5.10 Å². The molecule has 0 fully saturated rings. The van der Waals surface area contributed by atoms with E-state index < -0.39 is 23.2 Å². The van der Waals surface area contributed by atoms with Crippen molar-refractivity contribution in [1.82, 2.24) is 9.78 Å². The van der Waals surface area contributed by atoms with E-state index in [2.05, 4.69) is 5.10 Å². The van der Waals surface area contributed by atoms with Gasteiger partial charge in [0.1, 0.15) is 22.9 Å². The van der Waals surface area contributed by atoms with Crippen molar-refractivity contribution in [2.75, 3.05) is 0 Å². The van der Waals surface area contributed by atoms with Gasteiger partial charge in [0.15, 0.2) is 0 Å². The van der Waals surface area contributed by atoms with E-state index in [0.29, 0.717) is 0 Å². The number of carboxylic acids is 1. The minimum Gasteiger partial charge on any atom is -0.478 e. The minimum absolute atomic E-state index is 0.212. The Morgan fingerprint density at radius 2 is 1.94 bits per heavy atom. The monoisotopic (exact) mass is 238 g/mol. The molecular weight excluding hydrogens is 230 g/mol. The van der Waals surface area contributed by atoms with Crippen molar-refractivity contribution in [3.05, 3.63) is 41.6 Å². The van der Waals surface area contributed by atoms with Crippen LogP contribution in [0.4, 0.5) is 8.78 Å². The lowest BCUT2D eigenvalue weighted by molar-refractivity contribution is 0.0697. The Morgan fingerprint density at radius 3 is 2.47 bits per heavy atom. The van der Waals surface area contributed by atoms with Gasteiger partial charge in [-0.05, 0) is 12.1 Å². The molecule has 2 aromatic rings. The number of nitrogens with zero attached hydrogens (tertiary/aromatic N) is 2. The quantitative estimate of drug-likeness (QED) is 0.871. The lowest BCUT2D eigenvalue weighted by Gasteiger charge is -2.02. The standard InChI is InChI=1S/C11H8F2N2O2/c1-15-5-6(11(16)17)10(14-15)9-7(12)3-2-4-8(9)13/h2-5H,1H3,(H,16,17). The zero-order valence-electron chi connectivity index (χ0n) is 8.82. The fraction of sp³-hybridized carbons (Fsp3) is 0.0909. The van der Waals surface area contributed by atoms with E-state index in [4.69, 9.17) is 5.11 Å². The Balaban J connectivity index is 2.72. The number of aromatic nitrogens is 2. The van der Waals surface area contributed by atoms with Gasteiger partial charge in [0.2, 0.25) is 0 Å². The Bertz CT molecular complexity index is 573. The number of aryl methyl sites for hydroxylation is 1. The summed E-state index contributed by atoms with van der Waals surface area (Å²) in [7, 11) is 1.48. The summed E-state index contributed by atoms with van der Waals surface area (Å²) in [5.41, 5.74) is -0.877. The summed E-state index contributed by atoms with van der Waals surface area (Å²) in [6.45, 7) is 0. The molecule has 0 amide bonds. The van der Waals surface area contributed by atoms with Crippen molar-refractivity contribution in [1.29, 1.82) is 0 Å². The predicted molar refractivity (Wildman–Crippen MR) is 55.5 cm³/mol. The summed E-state index contributed by atoms with van der Waals surface area (Å²) in [4.78, 5) is 10.9. The second-order valence-electron chi connectivity index (χ2n) is 3.47. The summed E-state index contributed by atoms with van der Waals surface area (Å²) in [6.07, 6.45) is 1.20. The molecule has 4 nitrogen and oxygen atoms in total. The number of carbonyl (C=O) groups is 1. The third-order valence-electron chi connectivity index (χ3n) is 2.26. The number of aromatic carboxylic acids is 1. The van der Waals surface area contributed by atoms with Crippen LogP contribution in [0, 0.1) is 11.6 Å². The Kier molecular flexibility index (Phi) is 2.63. The van der Waals surface area contributed by atoms with Gasteiger partial charge in [0, 0.05) is 13.2 Å². The molecule has 1 N–H and O–H groups in total. The molecule has 0 spiro atoms. The van der Waals surface area contributed by atoms with Gasteiger partial charge in [0.25, 0.3) is 0 Å². The molecule has 0 aliphatic carbocycles. The van der Waals surface area contributed by atoms with Crippen LogP contribution in [0.2, 0.25) is 0 Å². The van der Waals surface area contributed by atoms with Gasteiger partial charge in [-0.1, -0.05) is 6.07 Å². The largest absolute Gasteiger partial charge is 0.478 e. The molecular formula is C11H8F2N2O2. The first kappa shape index (κ1) is 11.3. The SMILES string of the molecule is Cn1cc(C(=O)O)c(-c2c(F)cccc2F)n1. The van der Waals surface area contributed by atoms with Crippen LogP contribution in [0.25, 0.3) is 11.3 Å². The van der Waals surface area contributed by atoms with Crippen molar-refractivity contribution in [3.63, 3.8) is 0 Å². The molecule has 1 aromatic heterocycles. The van der Waals surface area contributed by atoms with Crippen LogP contribution in [0.1, 0.15) is 10.4 Å². The van der Waals surface area contributed by atoms with Crippen molar-refractivity contribution in [2.45, 2.75) is 0 Å². The number of hydrogen-bond donors (Lipinski definition) is 1. The highest BCUT2D eigenvalue weighted by atomic mass is 19.1. The molecule has 0 bridgehead atoms. The van der Waals surface area contributed by atoms with Crippen molar-refractivity contribution >= 4 is 5.97 Å². The van der Waals surface area contributed by atoms with E-state index in [1.807, 2.05) is 0 Å². The minimum atomic E-state index is -1.28. The highest BCUT2D eigenvalue weighted by Crippen LogP contribution is 2.27. The first-order valence-corrected chi connectivity index (χ1v) is 4.72. The fourth-order valence-electron chi connectivity index (χ4n) is 1.55. The van der Waals surface area contributed by atoms with E-state index in [1.54, 1.807) is 0 Å². The number of rotatable bonds is 2.